The van der Waals surface area contributed by atoms with Crippen LogP contribution in [0.1, 0.15) is 35.4 Å². The first-order valence-corrected chi connectivity index (χ1v) is 8.34. The van der Waals surface area contributed by atoms with E-state index in [0.29, 0.717) is 6.04 Å². The van der Waals surface area contributed by atoms with Crippen LogP contribution in [-0.2, 0) is 6.42 Å². The summed E-state index contributed by atoms with van der Waals surface area (Å²) in [4.78, 5) is 1.40. The van der Waals surface area contributed by atoms with Gasteiger partial charge < -0.3 is 5.32 Å². The van der Waals surface area contributed by atoms with Crippen molar-refractivity contribution < 1.29 is 0 Å². The molecule has 0 saturated heterocycles. The van der Waals surface area contributed by atoms with Gasteiger partial charge in [-0.05, 0) is 59.9 Å². The van der Waals surface area contributed by atoms with Gasteiger partial charge in [-0.2, -0.15) is 0 Å². The molecule has 1 nitrogen and oxygen atoms in total. The minimum absolute atomic E-state index is 0.415. The molecule has 0 radical (unpaired) electrons. The molecule has 1 atom stereocenters. The van der Waals surface area contributed by atoms with E-state index in [1.165, 1.54) is 19.8 Å². The van der Waals surface area contributed by atoms with E-state index in [2.05, 4.69) is 71.5 Å². The lowest BCUT2D eigenvalue weighted by atomic mass is 10.0. The lowest BCUT2D eigenvalue weighted by molar-refractivity contribution is 0.536. The molecule has 1 unspecified atom stereocenters. The molecule has 19 heavy (non-hydrogen) atoms. The molecule has 0 bridgehead atoms. The maximum atomic E-state index is 3.66. The molecule has 2 aromatic rings. The van der Waals surface area contributed by atoms with E-state index in [4.69, 9.17) is 0 Å². The molecule has 0 saturated carbocycles. The summed E-state index contributed by atoms with van der Waals surface area (Å²) in [6.07, 6.45) is 2.21. The minimum Gasteiger partial charge on any atom is -0.309 e. The largest absolute Gasteiger partial charge is 0.309 e. The fourth-order valence-corrected chi connectivity index (χ4v) is 3.68. The molecule has 102 valence electrons. The number of hydrogen-bond donors (Lipinski definition) is 1. The fourth-order valence-electron chi connectivity index (χ4n) is 2.18. The first-order valence-electron chi connectivity index (χ1n) is 6.73. The predicted octanol–water partition coefficient (Wildman–Crippen LogP) is 5.10. The van der Waals surface area contributed by atoms with Crippen LogP contribution in [0.25, 0.3) is 0 Å². The molecule has 0 fully saturated rings. The highest BCUT2D eigenvalue weighted by Crippen LogP contribution is 2.29. The number of benzene rings is 1. The van der Waals surface area contributed by atoms with E-state index in [1.807, 2.05) is 11.3 Å². The standard InChI is InChI=1S/C16H20BrNS/c1-3-9-18-14(15-7-8-16(17)19-15)11-13-6-4-5-12(2)10-13/h4-8,10,14,18H,3,9,11H2,1-2H3. The van der Waals surface area contributed by atoms with E-state index in [-0.39, 0.29) is 0 Å². The Morgan fingerprint density at radius 2 is 2.11 bits per heavy atom. The van der Waals surface area contributed by atoms with Gasteiger partial charge >= 0.3 is 0 Å². The third-order valence-corrected chi connectivity index (χ3v) is 4.84. The van der Waals surface area contributed by atoms with Crippen LogP contribution in [0.4, 0.5) is 0 Å². The van der Waals surface area contributed by atoms with Gasteiger partial charge in [-0.1, -0.05) is 36.8 Å². The van der Waals surface area contributed by atoms with Gasteiger partial charge in [0.05, 0.1) is 3.79 Å². The smallest absolute Gasteiger partial charge is 0.0701 e. The zero-order valence-corrected chi connectivity index (χ0v) is 13.9. The number of hydrogen-bond acceptors (Lipinski definition) is 2. The second-order valence-electron chi connectivity index (χ2n) is 4.84. The highest BCUT2D eigenvalue weighted by molar-refractivity contribution is 9.11. The van der Waals surface area contributed by atoms with Crippen LogP contribution in [0.15, 0.2) is 40.2 Å². The van der Waals surface area contributed by atoms with E-state index in [1.54, 1.807) is 0 Å². The van der Waals surface area contributed by atoms with Gasteiger partial charge in [0.15, 0.2) is 0 Å². The lowest BCUT2D eigenvalue weighted by Crippen LogP contribution is -2.23. The van der Waals surface area contributed by atoms with E-state index >= 15 is 0 Å². The van der Waals surface area contributed by atoms with Crippen molar-refractivity contribution >= 4 is 27.3 Å². The number of rotatable bonds is 6. The third kappa shape index (κ3) is 4.44. The highest BCUT2D eigenvalue weighted by atomic mass is 79.9. The molecule has 0 aliphatic carbocycles. The molecule has 1 heterocycles. The normalized spacial score (nSPS) is 12.6. The Kier molecular flexibility index (Phi) is 5.61. The summed E-state index contributed by atoms with van der Waals surface area (Å²) in [7, 11) is 0. The molecule has 2 rings (SSSR count). The van der Waals surface area contributed by atoms with Crippen LogP contribution < -0.4 is 5.32 Å². The highest BCUT2D eigenvalue weighted by Gasteiger charge is 2.13. The second kappa shape index (κ2) is 7.22. The molecule has 1 N–H and O–H groups in total. The van der Waals surface area contributed by atoms with Crippen LogP contribution in [0.2, 0.25) is 0 Å². The first kappa shape index (κ1) is 14.8. The van der Waals surface area contributed by atoms with Crippen molar-refractivity contribution in [1.82, 2.24) is 5.32 Å². The molecule has 0 amide bonds. The topological polar surface area (TPSA) is 12.0 Å². The van der Waals surface area contributed by atoms with Crippen LogP contribution in [0.5, 0.6) is 0 Å². The lowest BCUT2D eigenvalue weighted by Gasteiger charge is -2.17. The van der Waals surface area contributed by atoms with E-state index in [9.17, 15) is 0 Å². The number of thiophene rings is 1. The number of nitrogens with one attached hydrogen (secondary N) is 1. The van der Waals surface area contributed by atoms with Gasteiger partial charge in [0.25, 0.3) is 0 Å². The van der Waals surface area contributed by atoms with Crippen LogP contribution in [-0.4, -0.2) is 6.54 Å². The van der Waals surface area contributed by atoms with Gasteiger partial charge in [0, 0.05) is 10.9 Å². The summed E-state index contributed by atoms with van der Waals surface area (Å²) in [5.74, 6) is 0. The predicted molar refractivity (Wildman–Crippen MR) is 87.9 cm³/mol. The van der Waals surface area contributed by atoms with Crippen LogP contribution in [0.3, 0.4) is 0 Å². The summed E-state index contributed by atoms with van der Waals surface area (Å²) in [5.41, 5.74) is 2.73. The Morgan fingerprint density at radius 1 is 1.26 bits per heavy atom. The molecule has 1 aromatic carbocycles. The van der Waals surface area contributed by atoms with Gasteiger partial charge in [-0.25, -0.2) is 0 Å². The summed E-state index contributed by atoms with van der Waals surface area (Å²) in [5, 5.41) is 3.66. The summed E-state index contributed by atoms with van der Waals surface area (Å²) in [6, 6.07) is 13.6. The van der Waals surface area contributed by atoms with Gasteiger partial charge in [0.2, 0.25) is 0 Å². The monoisotopic (exact) mass is 337 g/mol. The second-order valence-corrected chi connectivity index (χ2v) is 7.34. The Bertz CT molecular complexity index is 521. The van der Waals surface area contributed by atoms with Crippen molar-refractivity contribution in [3.8, 4) is 0 Å². The van der Waals surface area contributed by atoms with Crippen LogP contribution >= 0.6 is 27.3 Å². The van der Waals surface area contributed by atoms with Crippen LogP contribution in [0, 0.1) is 6.92 Å². The van der Waals surface area contributed by atoms with Crippen molar-refractivity contribution in [2.75, 3.05) is 6.54 Å². The van der Waals surface area contributed by atoms with Gasteiger partial charge in [-0.3, -0.25) is 0 Å². The Hall–Kier alpha value is -0.640. The Morgan fingerprint density at radius 3 is 2.74 bits per heavy atom. The molecular weight excluding hydrogens is 318 g/mol. The van der Waals surface area contributed by atoms with Crippen molar-refractivity contribution in [3.05, 3.63) is 56.2 Å². The molecule has 0 aliphatic rings. The average molecular weight is 338 g/mol. The van der Waals surface area contributed by atoms with Crippen molar-refractivity contribution in [2.24, 2.45) is 0 Å². The number of halogens is 1. The average Bonchev–Trinajstić information content (AvgIpc) is 2.81. The molecule has 1 aromatic heterocycles. The van der Waals surface area contributed by atoms with Gasteiger partial charge in [-0.15, -0.1) is 11.3 Å². The third-order valence-electron chi connectivity index (χ3n) is 3.10. The van der Waals surface area contributed by atoms with Crippen molar-refractivity contribution in [1.29, 1.82) is 0 Å². The molecule has 3 heteroatoms. The zero-order chi connectivity index (χ0) is 13.7. The van der Waals surface area contributed by atoms with E-state index < -0.39 is 0 Å². The maximum Gasteiger partial charge on any atom is 0.0701 e. The fraction of sp³-hybridized carbons (Fsp3) is 0.375. The first-order chi connectivity index (χ1) is 9.19. The quantitative estimate of drug-likeness (QED) is 0.772. The maximum absolute atomic E-state index is 3.66. The molecule has 0 spiro atoms. The molecule has 0 aliphatic heterocycles. The Balaban J connectivity index is 2.13. The summed E-state index contributed by atoms with van der Waals surface area (Å²) >= 11 is 5.38. The number of aryl methyl sites for hydroxylation is 1. The minimum atomic E-state index is 0.415. The Labute approximate surface area is 128 Å². The summed E-state index contributed by atoms with van der Waals surface area (Å²) < 4.78 is 1.20. The van der Waals surface area contributed by atoms with E-state index in [0.717, 1.165) is 19.4 Å². The zero-order valence-electron chi connectivity index (χ0n) is 11.4. The van der Waals surface area contributed by atoms with Crippen molar-refractivity contribution in [2.45, 2.75) is 32.7 Å². The SMILES string of the molecule is CCCNC(Cc1cccc(C)c1)c1ccc(Br)s1. The van der Waals surface area contributed by atoms with Gasteiger partial charge in [0.1, 0.15) is 0 Å². The molecular formula is C16H20BrNS. The van der Waals surface area contributed by atoms with Crippen molar-refractivity contribution in [3.63, 3.8) is 0 Å². The summed E-state index contributed by atoms with van der Waals surface area (Å²) in [6.45, 7) is 5.42.